The zero-order valence-corrected chi connectivity index (χ0v) is 10.5. The van der Waals surface area contributed by atoms with Gasteiger partial charge in [0.1, 0.15) is 5.69 Å². The van der Waals surface area contributed by atoms with Gasteiger partial charge in [0.2, 0.25) is 0 Å². The number of hydrogen-bond acceptors (Lipinski definition) is 3. The third kappa shape index (κ3) is 1.93. The molecule has 0 radical (unpaired) electrons. The highest BCUT2D eigenvalue weighted by Gasteiger charge is 2.32. The number of aliphatic hydroxyl groups is 1. The second-order valence-corrected chi connectivity index (χ2v) is 4.88. The summed E-state index contributed by atoms with van der Waals surface area (Å²) >= 11 is 0. The second-order valence-electron chi connectivity index (χ2n) is 4.88. The number of benzene rings is 1. The number of aliphatic hydroxyl groups excluding tert-OH is 1. The Morgan fingerprint density at radius 2 is 2.06 bits per heavy atom. The van der Waals surface area contributed by atoms with Crippen molar-refractivity contribution >= 4 is 0 Å². The van der Waals surface area contributed by atoms with E-state index < -0.39 is 0 Å². The van der Waals surface area contributed by atoms with Gasteiger partial charge in [0.25, 0.3) is 0 Å². The van der Waals surface area contributed by atoms with Crippen molar-refractivity contribution in [3.63, 3.8) is 0 Å². The van der Waals surface area contributed by atoms with Gasteiger partial charge in [-0.05, 0) is 25.3 Å². The third-order valence-corrected chi connectivity index (χ3v) is 3.57. The smallest absolute Gasteiger partial charge is 0.112 e. The molecule has 1 saturated carbocycles. The van der Waals surface area contributed by atoms with Gasteiger partial charge in [0.05, 0.1) is 18.3 Å². The molecule has 2 aromatic rings. The van der Waals surface area contributed by atoms with E-state index in [0.29, 0.717) is 5.92 Å². The van der Waals surface area contributed by atoms with Crippen LogP contribution in [0.5, 0.6) is 0 Å². The summed E-state index contributed by atoms with van der Waals surface area (Å²) in [4.78, 5) is 0. The van der Waals surface area contributed by atoms with Crippen LogP contribution in [0.15, 0.2) is 30.3 Å². The Morgan fingerprint density at radius 1 is 1.33 bits per heavy atom. The van der Waals surface area contributed by atoms with Crippen LogP contribution < -0.4 is 0 Å². The average Bonchev–Trinajstić information content (AvgIpc) is 3.18. The summed E-state index contributed by atoms with van der Waals surface area (Å²) in [5, 5.41) is 17.7. The maximum absolute atomic E-state index is 9.34. The molecule has 1 heterocycles. The molecule has 4 nitrogen and oxygen atoms in total. The van der Waals surface area contributed by atoms with Crippen LogP contribution in [0.25, 0.3) is 0 Å². The average molecular weight is 243 g/mol. The number of aromatic nitrogens is 3. The molecular weight excluding hydrogens is 226 g/mol. The minimum Gasteiger partial charge on any atom is -0.390 e. The van der Waals surface area contributed by atoms with E-state index >= 15 is 0 Å². The second kappa shape index (κ2) is 4.53. The summed E-state index contributed by atoms with van der Waals surface area (Å²) in [6.45, 7) is 2.10. The zero-order valence-electron chi connectivity index (χ0n) is 10.5. The van der Waals surface area contributed by atoms with E-state index in [9.17, 15) is 5.11 Å². The predicted molar refractivity (Wildman–Crippen MR) is 68.2 cm³/mol. The first-order valence-electron chi connectivity index (χ1n) is 6.41. The molecule has 1 fully saturated rings. The van der Waals surface area contributed by atoms with Gasteiger partial charge in [0.15, 0.2) is 0 Å². The first kappa shape index (κ1) is 11.4. The van der Waals surface area contributed by atoms with E-state index in [1.807, 2.05) is 22.9 Å². The van der Waals surface area contributed by atoms with Crippen molar-refractivity contribution in [3.8, 4) is 0 Å². The SMILES string of the molecule is CC(c1ccccc1)n1nnc(CO)c1C1CC1. The van der Waals surface area contributed by atoms with Crippen molar-refractivity contribution in [1.82, 2.24) is 15.0 Å². The van der Waals surface area contributed by atoms with Crippen LogP contribution in [0.2, 0.25) is 0 Å². The van der Waals surface area contributed by atoms with Crippen molar-refractivity contribution in [3.05, 3.63) is 47.3 Å². The van der Waals surface area contributed by atoms with Crippen LogP contribution in [0.3, 0.4) is 0 Å². The Morgan fingerprint density at radius 3 is 2.67 bits per heavy atom. The first-order valence-corrected chi connectivity index (χ1v) is 6.41. The largest absolute Gasteiger partial charge is 0.390 e. The highest BCUT2D eigenvalue weighted by Crippen LogP contribution is 2.42. The Kier molecular flexibility index (Phi) is 2.88. The third-order valence-electron chi connectivity index (χ3n) is 3.57. The van der Waals surface area contributed by atoms with Gasteiger partial charge in [0, 0.05) is 5.92 Å². The maximum atomic E-state index is 9.34. The van der Waals surface area contributed by atoms with Crippen LogP contribution in [-0.2, 0) is 6.61 Å². The molecule has 0 bridgehead atoms. The predicted octanol–water partition coefficient (Wildman–Crippen LogP) is 2.26. The molecule has 1 aliphatic rings. The summed E-state index contributed by atoms with van der Waals surface area (Å²) in [7, 11) is 0. The minimum atomic E-state index is -0.0205. The van der Waals surface area contributed by atoms with Crippen molar-refractivity contribution in [2.24, 2.45) is 0 Å². The molecule has 1 aromatic heterocycles. The summed E-state index contributed by atoms with van der Waals surface area (Å²) in [5.41, 5.74) is 3.07. The van der Waals surface area contributed by atoms with Crippen LogP contribution in [0.4, 0.5) is 0 Å². The van der Waals surface area contributed by atoms with Crippen molar-refractivity contribution in [2.75, 3.05) is 0 Å². The van der Waals surface area contributed by atoms with Crippen molar-refractivity contribution in [1.29, 1.82) is 0 Å². The minimum absolute atomic E-state index is 0.0205. The van der Waals surface area contributed by atoms with E-state index in [1.54, 1.807) is 0 Å². The topological polar surface area (TPSA) is 50.9 Å². The summed E-state index contributed by atoms with van der Waals surface area (Å²) < 4.78 is 1.97. The Labute approximate surface area is 106 Å². The van der Waals surface area contributed by atoms with Crippen molar-refractivity contribution in [2.45, 2.75) is 38.3 Å². The maximum Gasteiger partial charge on any atom is 0.112 e. The van der Waals surface area contributed by atoms with Gasteiger partial charge < -0.3 is 5.11 Å². The summed E-state index contributed by atoms with van der Waals surface area (Å²) in [6, 6.07) is 10.4. The first-order chi connectivity index (χ1) is 8.81. The zero-order chi connectivity index (χ0) is 12.5. The monoisotopic (exact) mass is 243 g/mol. The fourth-order valence-electron chi connectivity index (χ4n) is 2.38. The molecule has 1 unspecified atom stereocenters. The molecular formula is C14H17N3O. The van der Waals surface area contributed by atoms with E-state index in [-0.39, 0.29) is 12.6 Å². The van der Waals surface area contributed by atoms with Crippen LogP contribution in [0.1, 0.15) is 48.7 Å². The van der Waals surface area contributed by atoms with Gasteiger partial charge in [-0.3, -0.25) is 0 Å². The van der Waals surface area contributed by atoms with E-state index in [4.69, 9.17) is 0 Å². The number of nitrogens with zero attached hydrogens (tertiary/aromatic N) is 3. The van der Waals surface area contributed by atoms with E-state index in [1.165, 1.54) is 18.4 Å². The molecule has 0 aliphatic heterocycles. The lowest BCUT2D eigenvalue weighted by Crippen LogP contribution is -2.12. The van der Waals surface area contributed by atoms with Gasteiger partial charge in [-0.1, -0.05) is 35.5 Å². The highest BCUT2D eigenvalue weighted by atomic mass is 16.3. The molecule has 4 heteroatoms. The van der Waals surface area contributed by atoms with Gasteiger partial charge in [-0.25, -0.2) is 4.68 Å². The van der Waals surface area contributed by atoms with Crippen LogP contribution in [-0.4, -0.2) is 20.1 Å². The molecule has 1 aromatic carbocycles. The fraction of sp³-hybridized carbons (Fsp3) is 0.429. The molecule has 0 amide bonds. The molecule has 18 heavy (non-hydrogen) atoms. The molecule has 0 saturated heterocycles. The van der Waals surface area contributed by atoms with E-state index in [0.717, 1.165) is 11.4 Å². The Balaban J connectivity index is 1.99. The molecule has 1 aliphatic carbocycles. The van der Waals surface area contributed by atoms with Gasteiger partial charge in [-0.15, -0.1) is 5.10 Å². The normalized spacial score (nSPS) is 16.8. The quantitative estimate of drug-likeness (QED) is 0.896. The summed E-state index contributed by atoms with van der Waals surface area (Å²) in [5.74, 6) is 0.535. The standard InChI is InChI=1S/C14H17N3O/c1-10(11-5-3-2-4-6-11)17-14(12-7-8-12)13(9-18)15-16-17/h2-6,10,12,18H,7-9H2,1H3. The number of hydrogen-bond donors (Lipinski definition) is 1. The van der Waals surface area contributed by atoms with E-state index in [2.05, 4.69) is 29.4 Å². The van der Waals surface area contributed by atoms with Crippen molar-refractivity contribution < 1.29 is 5.11 Å². The Hall–Kier alpha value is -1.68. The molecule has 94 valence electrons. The Bertz CT molecular complexity index is 531. The van der Waals surface area contributed by atoms with Gasteiger partial charge >= 0.3 is 0 Å². The number of rotatable bonds is 4. The lowest BCUT2D eigenvalue weighted by molar-refractivity contribution is 0.275. The van der Waals surface area contributed by atoms with Crippen LogP contribution >= 0.6 is 0 Å². The fourth-order valence-corrected chi connectivity index (χ4v) is 2.38. The summed E-state index contributed by atoms with van der Waals surface area (Å²) in [6.07, 6.45) is 2.36. The highest BCUT2D eigenvalue weighted by molar-refractivity contribution is 5.25. The molecule has 1 atom stereocenters. The van der Waals surface area contributed by atoms with Gasteiger partial charge in [-0.2, -0.15) is 0 Å². The molecule has 3 rings (SSSR count). The lowest BCUT2D eigenvalue weighted by Gasteiger charge is -2.15. The molecule has 1 N–H and O–H groups in total. The lowest BCUT2D eigenvalue weighted by atomic mass is 10.1. The molecule has 0 spiro atoms. The van der Waals surface area contributed by atoms with Crippen LogP contribution in [0, 0.1) is 0 Å².